The van der Waals surface area contributed by atoms with Crippen LogP contribution in [0.25, 0.3) is 0 Å². The van der Waals surface area contributed by atoms with Crippen molar-refractivity contribution in [1.82, 2.24) is 0 Å². The van der Waals surface area contributed by atoms with E-state index in [-0.39, 0.29) is 5.92 Å². The van der Waals surface area contributed by atoms with Crippen LogP contribution < -0.4 is 0 Å². The first-order chi connectivity index (χ1) is 6.78. The number of ether oxygens (including phenoxy) is 1. The van der Waals surface area contributed by atoms with Gasteiger partial charge in [-0.05, 0) is 31.6 Å². The van der Waals surface area contributed by atoms with Crippen LogP contribution in [0.5, 0.6) is 0 Å². The van der Waals surface area contributed by atoms with Gasteiger partial charge in [-0.3, -0.25) is 0 Å². The molecule has 1 atom stereocenters. The van der Waals surface area contributed by atoms with Gasteiger partial charge in [0.15, 0.2) is 0 Å². The monoisotopic (exact) mass is 195 g/mol. The smallest absolute Gasteiger partial charge is 0.0835 e. The molecular formula is C11H17NO2. The van der Waals surface area contributed by atoms with Gasteiger partial charge < -0.3 is 9.84 Å². The van der Waals surface area contributed by atoms with E-state index < -0.39 is 11.5 Å². The summed E-state index contributed by atoms with van der Waals surface area (Å²) in [5.74, 6) is 0.281. The molecular weight excluding hydrogens is 178 g/mol. The predicted molar refractivity (Wildman–Crippen MR) is 51.4 cm³/mol. The zero-order valence-electron chi connectivity index (χ0n) is 8.41. The summed E-state index contributed by atoms with van der Waals surface area (Å²) in [6.45, 7) is 1.48. The van der Waals surface area contributed by atoms with Gasteiger partial charge in [-0.15, -0.1) is 0 Å². The number of hydrogen-bond donors (Lipinski definition) is 1. The Labute approximate surface area is 84.7 Å². The molecule has 14 heavy (non-hydrogen) atoms. The van der Waals surface area contributed by atoms with Gasteiger partial charge in [0.2, 0.25) is 0 Å². The molecule has 0 aromatic heterocycles. The summed E-state index contributed by atoms with van der Waals surface area (Å²) in [6, 6.07) is 2.32. The Kier molecular flexibility index (Phi) is 2.76. The van der Waals surface area contributed by atoms with Crippen LogP contribution in [-0.2, 0) is 4.74 Å². The first-order valence-electron chi connectivity index (χ1n) is 5.45. The minimum absolute atomic E-state index is 0.281. The van der Waals surface area contributed by atoms with Crippen LogP contribution in [0.1, 0.15) is 32.1 Å². The standard InChI is InChI=1S/C11H17NO2/c12-8-11(4-1-5-11)10(13)9-2-6-14-7-3-9/h9-10,13H,1-7H2. The van der Waals surface area contributed by atoms with Gasteiger partial charge in [0.25, 0.3) is 0 Å². The number of aliphatic hydroxyl groups excluding tert-OH is 1. The summed E-state index contributed by atoms with van der Waals surface area (Å²) in [6.07, 6.45) is 4.23. The number of hydrogen-bond acceptors (Lipinski definition) is 3. The van der Waals surface area contributed by atoms with Crippen LogP contribution in [-0.4, -0.2) is 24.4 Å². The fourth-order valence-electron chi connectivity index (χ4n) is 2.51. The number of rotatable bonds is 2. The summed E-state index contributed by atoms with van der Waals surface area (Å²) in [5.41, 5.74) is -0.415. The van der Waals surface area contributed by atoms with Gasteiger partial charge in [0, 0.05) is 13.2 Å². The van der Waals surface area contributed by atoms with E-state index >= 15 is 0 Å². The average molecular weight is 195 g/mol. The Bertz CT molecular complexity index is 236. The van der Waals surface area contributed by atoms with Crippen molar-refractivity contribution in [2.24, 2.45) is 11.3 Å². The summed E-state index contributed by atoms with van der Waals surface area (Å²) in [4.78, 5) is 0. The van der Waals surface area contributed by atoms with Crippen molar-refractivity contribution < 1.29 is 9.84 Å². The molecule has 0 amide bonds. The van der Waals surface area contributed by atoms with Gasteiger partial charge >= 0.3 is 0 Å². The molecule has 0 aromatic rings. The molecule has 78 valence electrons. The van der Waals surface area contributed by atoms with Crippen LogP contribution in [0.4, 0.5) is 0 Å². The second-order valence-electron chi connectivity index (χ2n) is 4.52. The fourth-order valence-corrected chi connectivity index (χ4v) is 2.51. The molecule has 0 aromatic carbocycles. The molecule has 2 fully saturated rings. The molecule has 2 aliphatic rings. The van der Waals surface area contributed by atoms with Gasteiger partial charge in [-0.1, -0.05) is 6.42 Å². The van der Waals surface area contributed by atoms with Gasteiger partial charge in [-0.2, -0.15) is 5.26 Å². The second kappa shape index (κ2) is 3.88. The molecule has 0 radical (unpaired) electrons. The summed E-state index contributed by atoms with van der Waals surface area (Å²) in [7, 11) is 0. The Morgan fingerprint density at radius 3 is 2.43 bits per heavy atom. The third-order valence-electron chi connectivity index (χ3n) is 3.75. The van der Waals surface area contributed by atoms with Gasteiger partial charge in [-0.25, -0.2) is 0 Å². The topological polar surface area (TPSA) is 53.2 Å². The van der Waals surface area contributed by atoms with Gasteiger partial charge in [0.05, 0.1) is 17.6 Å². The van der Waals surface area contributed by atoms with Crippen molar-refractivity contribution >= 4 is 0 Å². The normalized spacial score (nSPS) is 28.9. The maximum Gasteiger partial charge on any atom is 0.0835 e. The Balaban J connectivity index is 1.99. The molecule has 1 N–H and O–H groups in total. The van der Waals surface area contributed by atoms with Crippen molar-refractivity contribution in [2.75, 3.05) is 13.2 Å². The highest BCUT2D eigenvalue weighted by Gasteiger charge is 2.47. The first kappa shape index (κ1) is 9.95. The third-order valence-corrected chi connectivity index (χ3v) is 3.75. The van der Waals surface area contributed by atoms with E-state index in [1.165, 1.54) is 0 Å². The second-order valence-corrected chi connectivity index (χ2v) is 4.52. The zero-order valence-corrected chi connectivity index (χ0v) is 8.41. The third kappa shape index (κ3) is 1.53. The van der Waals surface area contributed by atoms with E-state index in [0.717, 1.165) is 45.3 Å². The summed E-state index contributed by atoms with van der Waals surface area (Å²) < 4.78 is 5.25. The highest BCUT2D eigenvalue weighted by molar-refractivity contribution is 5.10. The quantitative estimate of drug-likeness (QED) is 0.726. The lowest BCUT2D eigenvalue weighted by atomic mass is 9.62. The maximum atomic E-state index is 10.2. The number of nitriles is 1. The van der Waals surface area contributed by atoms with Crippen LogP contribution in [0.3, 0.4) is 0 Å². The summed E-state index contributed by atoms with van der Waals surface area (Å²) in [5, 5.41) is 19.3. The number of aliphatic hydroxyl groups is 1. The lowest BCUT2D eigenvalue weighted by Crippen LogP contribution is -2.45. The minimum Gasteiger partial charge on any atom is -0.391 e. The molecule has 1 saturated carbocycles. The highest BCUT2D eigenvalue weighted by atomic mass is 16.5. The largest absolute Gasteiger partial charge is 0.391 e. The molecule has 0 bridgehead atoms. The van der Waals surface area contributed by atoms with Crippen molar-refractivity contribution in [3.8, 4) is 6.07 Å². The SMILES string of the molecule is N#CC1(C(O)C2CCOCC2)CCC1. The molecule has 1 unspecified atom stereocenters. The van der Waals surface area contributed by atoms with Crippen LogP contribution in [0.2, 0.25) is 0 Å². The first-order valence-corrected chi connectivity index (χ1v) is 5.45. The minimum atomic E-state index is -0.426. The predicted octanol–water partition coefficient (Wildman–Crippen LogP) is 1.47. The van der Waals surface area contributed by atoms with Crippen molar-refractivity contribution in [1.29, 1.82) is 5.26 Å². The molecule has 3 heteroatoms. The van der Waals surface area contributed by atoms with Crippen molar-refractivity contribution in [3.63, 3.8) is 0 Å². The highest BCUT2D eigenvalue weighted by Crippen LogP contribution is 2.46. The van der Waals surface area contributed by atoms with E-state index in [4.69, 9.17) is 10.00 Å². The van der Waals surface area contributed by atoms with Crippen molar-refractivity contribution in [3.05, 3.63) is 0 Å². The average Bonchev–Trinajstić information content (AvgIpc) is 2.18. The summed E-state index contributed by atoms with van der Waals surface area (Å²) >= 11 is 0. The Hall–Kier alpha value is -0.590. The lowest BCUT2D eigenvalue weighted by Gasteiger charge is -2.43. The molecule has 1 aliphatic carbocycles. The van der Waals surface area contributed by atoms with E-state index in [0.29, 0.717) is 0 Å². The fraction of sp³-hybridized carbons (Fsp3) is 0.909. The van der Waals surface area contributed by atoms with Crippen LogP contribution >= 0.6 is 0 Å². The molecule has 2 rings (SSSR count). The van der Waals surface area contributed by atoms with Crippen LogP contribution in [0.15, 0.2) is 0 Å². The Morgan fingerprint density at radius 2 is 2.00 bits per heavy atom. The molecule has 1 aliphatic heterocycles. The Morgan fingerprint density at radius 1 is 1.36 bits per heavy atom. The van der Waals surface area contributed by atoms with Gasteiger partial charge in [0.1, 0.15) is 0 Å². The zero-order chi connectivity index (χ0) is 10.0. The van der Waals surface area contributed by atoms with E-state index in [1.54, 1.807) is 0 Å². The van der Waals surface area contributed by atoms with E-state index in [1.807, 2.05) is 0 Å². The molecule has 1 heterocycles. The van der Waals surface area contributed by atoms with E-state index in [2.05, 4.69) is 6.07 Å². The maximum absolute atomic E-state index is 10.2. The van der Waals surface area contributed by atoms with E-state index in [9.17, 15) is 5.11 Å². The molecule has 1 saturated heterocycles. The van der Waals surface area contributed by atoms with Crippen LogP contribution in [0, 0.1) is 22.7 Å². The molecule has 0 spiro atoms. The lowest BCUT2D eigenvalue weighted by molar-refractivity contribution is -0.0652. The number of nitrogens with zero attached hydrogens (tertiary/aromatic N) is 1. The molecule has 3 nitrogen and oxygen atoms in total. The van der Waals surface area contributed by atoms with Crippen molar-refractivity contribution in [2.45, 2.75) is 38.2 Å².